The van der Waals surface area contributed by atoms with Gasteiger partial charge in [-0.25, -0.2) is 8.78 Å². The van der Waals surface area contributed by atoms with E-state index in [4.69, 9.17) is 0 Å². The van der Waals surface area contributed by atoms with Gasteiger partial charge in [-0.3, -0.25) is 0 Å². The maximum atomic E-state index is 13.4. The molecule has 0 spiro atoms. The van der Waals surface area contributed by atoms with Crippen LogP contribution in [0.3, 0.4) is 0 Å². The van der Waals surface area contributed by atoms with E-state index in [0.717, 1.165) is 37.5 Å². The van der Waals surface area contributed by atoms with Crippen LogP contribution in [0.25, 0.3) is 0 Å². The largest absolute Gasteiger partial charge is 0.387 e. The third-order valence-electron chi connectivity index (χ3n) is 3.05. The van der Waals surface area contributed by atoms with Gasteiger partial charge in [-0.05, 0) is 31.0 Å². The smallest absolute Gasteiger partial charge is 0.129 e. The number of aliphatic hydroxyl groups is 1. The van der Waals surface area contributed by atoms with Crippen molar-refractivity contribution in [2.45, 2.75) is 45.3 Å². The molecule has 1 rings (SSSR count). The summed E-state index contributed by atoms with van der Waals surface area (Å²) in [6, 6.07) is 3.44. The first-order valence-corrected chi connectivity index (χ1v) is 6.44. The number of hydrogen-bond acceptors (Lipinski definition) is 2. The van der Waals surface area contributed by atoms with Crippen LogP contribution in [0.4, 0.5) is 8.78 Å². The Hall–Kier alpha value is -1.00. The minimum absolute atomic E-state index is 0.00820. The summed E-state index contributed by atoms with van der Waals surface area (Å²) in [7, 11) is 0. The average Bonchev–Trinajstić information content (AvgIpc) is 2.37. The molecule has 0 bridgehead atoms. The van der Waals surface area contributed by atoms with Gasteiger partial charge in [0.05, 0.1) is 6.10 Å². The Morgan fingerprint density at radius 1 is 1.28 bits per heavy atom. The molecular weight excluding hydrogens is 236 g/mol. The molecule has 0 aliphatic rings. The highest BCUT2D eigenvalue weighted by molar-refractivity contribution is 5.21. The zero-order chi connectivity index (χ0) is 13.5. The zero-order valence-electron chi connectivity index (χ0n) is 10.9. The van der Waals surface area contributed by atoms with Gasteiger partial charge in [-0.2, -0.15) is 0 Å². The van der Waals surface area contributed by atoms with Gasteiger partial charge in [0.1, 0.15) is 11.6 Å². The lowest BCUT2D eigenvalue weighted by atomic mass is 10.1. The van der Waals surface area contributed by atoms with E-state index >= 15 is 0 Å². The van der Waals surface area contributed by atoms with Crippen LogP contribution in [0.2, 0.25) is 0 Å². The second-order valence-electron chi connectivity index (χ2n) is 4.48. The predicted molar refractivity (Wildman–Crippen MR) is 68.3 cm³/mol. The summed E-state index contributed by atoms with van der Waals surface area (Å²) in [5.74, 6) is -1.11. The Morgan fingerprint density at radius 2 is 2.00 bits per heavy atom. The quantitative estimate of drug-likeness (QED) is 0.786. The molecule has 2 nitrogen and oxygen atoms in total. The van der Waals surface area contributed by atoms with Crippen molar-refractivity contribution in [2.75, 3.05) is 6.54 Å². The van der Waals surface area contributed by atoms with E-state index in [1.54, 1.807) is 0 Å². The monoisotopic (exact) mass is 257 g/mol. The van der Waals surface area contributed by atoms with E-state index in [2.05, 4.69) is 19.2 Å². The van der Waals surface area contributed by atoms with Crippen molar-refractivity contribution in [1.82, 2.24) is 5.32 Å². The Labute approximate surface area is 107 Å². The highest BCUT2D eigenvalue weighted by atomic mass is 19.1. The van der Waals surface area contributed by atoms with Crippen LogP contribution in [0, 0.1) is 11.6 Å². The second kappa shape index (κ2) is 7.44. The topological polar surface area (TPSA) is 32.3 Å². The molecular formula is C14H21F2NO. The number of hydrogen-bond donors (Lipinski definition) is 2. The van der Waals surface area contributed by atoms with Gasteiger partial charge in [0.2, 0.25) is 0 Å². The lowest BCUT2D eigenvalue weighted by molar-refractivity contribution is 0.163. The van der Waals surface area contributed by atoms with Crippen molar-refractivity contribution < 1.29 is 13.9 Å². The molecule has 0 amide bonds. The van der Waals surface area contributed by atoms with E-state index in [0.29, 0.717) is 6.04 Å². The van der Waals surface area contributed by atoms with Crippen LogP contribution in [0.15, 0.2) is 18.2 Å². The Balaban J connectivity index is 2.59. The van der Waals surface area contributed by atoms with Gasteiger partial charge in [0.25, 0.3) is 0 Å². The maximum Gasteiger partial charge on any atom is 0.129 e. The Kier molecular flexibility index (Phi) is 6.22. The van der Waals surface area contributed by atoms with E-state index < -0.39 is 17.7 Å². The number of halogens is 2. The molecule has 0 aromatic heterocycles. The molecule has 18 heavy (non-hydrogen) atoms. The number of rotatable bonds is 7. The van der Waals surface area contributed by atoms with Crippen LogP contribution < -0.4 is 5.32 Å². The summed E-state index contributed by atoms with van der Waals surface area (Å²) in [6.45, 7) is 4.38. The van der Waals surface area contributed by atoms with Gasteiger partial charge in [0, 0.05) is 18.2 Å². The molecule has 0 aliphatic carbocycles. The van der Waals surface area contributed by atoms with Crippen LogP contribution in [0.1, 0.15) is 44.8 Å². The predicted octanol–water partition coefficient (Wildman–Crippen LogP) is 3.17. The molecule has 0 saturated carbocycles. The fraction of sp³-hybridized carbons (Fsp3) is 0.571. The molecule has 0 aliphatic heterocycles. The van der Waals surface area contributed by atoms with Crippen molar-refractivity contribution in [2.24, 2.45) is 0 Å². The summed E-state index contributed by atoms with van der Waals surface area (Å²) in [5, 5.41) is 13.0. The van der Waals surface area contributed by atoms with Crippen molar-refractivity contribution in [3.63, 3.8) is 0 Å². The second-order valence-corrected chi connectivity index (χ2v) is 4.48. The minimum Gasteiger partial charge on any atom is -0.387 e. The lowest BCUT2D eigenvalue weighted by Crippen LogP contribution is -2.32. The highest BCUT2D eigenvalue weighted by Crippen LogP contribution is 2.18. The van der Waals surface area contributed by atoms with Gasteiger partial charge in [-0.1, -0.05) is 20.3 Å². The molecule has 1 aromatic rings. The summed E-state index contributed by atoms with van der Waals surface area (Å²) in [4.78, 5) is 0. The minimum atomic E-state index is -1.02. The molecule has 0 radical (unpaired) electrons. The summed E-state index contributed by atoms with van der Waals surface area (Å²) in [6.07, 6.45) is 1.99. The maximum absolute atomic E-state index is 13.4. The van der Waals surface area contributed by atoms with Crippen LogP contribution in [-0.4, -0.2) is 17.7 Å². The molecule has 1 aromatic carbocycles. The summed E-state index contributed by atoms with van der Waals surface area (Å²) < 4.78 is 26.4. The first-order chi connectivity index (χ1) is 8.58. The lowest BCUT2D eigenvalue weighted by Gasteiger charge is -2.19. The SMILES string of the molecule is CCCC(CC)NCC(O)c1cc(F)ccc1F. The van der Waals surface area contributed by atoms with Crippen LogP contribution >= 0.6 is 0 Å². The average molecular weight is 257 g/mol. The Morgan fingerprint density at radius 3 is 2.61 bits per heavy atom. The molecule has 0 heterocycles. The van der Waals surface area contributed by atoms with Crippen molar-refractivity contribution >= 4 is 0 Å². The van der Waals surface area contributed by atoms with Crippen LogP contribution in [0.5, 0.6) is 0 Å². The van der Waals surface area contributed by atoms with E-state index in [-0.39, 0.29) is 12.1 Å². The zero-order valence-corrected chi connectivity index (χ0v) is 10.9. The first-order valence-electron chi connectivity index (χ1n) is 6.44. The normalized spacial score (nSPS) is 14.5. The van der Waals surface area contributed by atoms with Crippen molar-refractivity contribution in [3.05, 3.63) is 35.4 Å². The van der Waals surface area contributed by atoms with Gasteiger partial charge >= 0.3 is 0 Å². The molecule has 102 valence electrons. The molecule has 0 fully saturated rings. The van der Waals surface area contributed by atoms with Gasteiger partial charge in [0.15, 0.2) is 0 Å². The van der Waals surface area contributed by atoms with Crippen LogP contribution in [-0.2, 0) is 0 Å². The van der Waals surface area contributed by atoms with Crippen molar-refractivity contribution in [1.29, 1.82) is 0 Å². The van der Waals surface area contributed by atoms with Crippen molar-refractivity contribution in [3.8, 4) is 0 Å². The highest BCUT2D eigenvalue weighted by Gasteiger charge is 2.15. The molecule has 4 heteroatoms. The van der Waals surface area contributed by atoms with Gasteiger partial charge < -0.3 is 10.4 Å². The van der Waals surface area contributed by atoms with E-state index in [1.807, 2.05) is 0 Å². The van der Waals surface area contributed by atoms with E-state index in [9.17, 15) is 13.9 Å². The number of aliphatic hydroxyl groups excluding tert-OH is 1. The molecule has 2 unspecified atom stereocenters. The standard InChI is InChI=1S/C14H21F2NO/c1-3-5-11(4-2)17-9-14(18)12-8-10(15)6-7-13(12)16/h6-8,11,14,17-18H,3-5,9H2,1-2H3. The fourth-order valence-corrected chi connectivity index (χ4v) is 1.96. The molecule has 0 saturated heterocycles. The summed E-state index contributed by atoms with van der Waals surface area (Å²) >= 11 is 0. The van der Waals surface area contributed by atoms with Gasteiger partial charge in [-0.15, -0.1) is 0 Å². The number of benzene rings is 1. The number of nitrogens with one attached hydrogen (secondary N) is 1. The summed E-state index contributed by atoms with van der Waals surface area (Å²) in [5.41, 5.74) is 0.00820. The third-order valence-corrected chi connectivity index (χ3v) is 3.05. The van der Waals surface area contributed by atoms with E-state index in [1.165, 1.54) is 0 Å². The Bertz CT molecular complexity index is 371. The molecule has 2 N–H and O–H groups in total. The fourth-order valence-electron chi connectivity index (χ4n) is 1.96. The third kappa shape index (κ3) is 4.35. The first kappa shape index (κ1) is 15.1. The molecule has 2 atom stereocenters.